The topological polar surface area (TPSA) is 69.5 Å². The summed E-state index contributed by atoms with van der Waals surface area (Å²) >= 11 is 0. The fourth-order valence-corrected chi connectivity index (χ4v) is 4.88. The minimum absolute atomic E-state index is 0.00960. The van der Waals surface area contributed by atoms with Gasteiger partial charge in [-0.05, 0) is 41.5 Å². The van der Waals surface area contributed by atoms with Crippen LogP contribution in [-0.2, 0) is 23.7 Å². The lowest BCUT2D eigenvalue weighted by Gasteiger charge is -2.33. The first kappa shape index (κ1) is 22.8. The van der Waals surface area contributed by atoms with E-state index in [9.17, 15) is 4.79 Å². The van der Waals surface area contributed by atoms with Crippen molar-refractivity contribution in [3.63, 3.8) is 0 Å². The minimum atomic E-state index is -1.62. The number of ether oxygens (including phenoxy) is 2. The van der Waals surface area contributed by atoms with E-state index in [-0.39, 0.29) is 24.2 Å². The molecule has 1 amide bonds. The van der Waals surface area contributed by atoms with Crippen molar-refractivity contribution in [3.8, 4) is 16.9 Å². The molecule has 2 aliphatic rings. The van der Waals surface area contributed by atoms with Crippen LogP contribution in [0.3, 0.4) is 0 Å². The van der Waals surface area contributed by atoms with Crippen LogP contribution in [0.4, 0.5) is 4.39 Å². The lowest BCUT2D eigenvalue weighted by Crippen LogP contribution is -2.44. The maximum atomic E-state index is 15.4. The van der Waals surface area contributed by atoms with Crippen LogP contribution in [0.25, 0.3) is 22.0 Å². The zero-order valence-corrected chi connectivity index (χ0v) is 19.6. The smallest absolute Gasteiger partial charge is 0.255 e. The Morgan fingerprint density at radius 2 is 2.08 bits per heavy atom. The second kappa shape index (κ2) is 8.48. The lowest BCUT2D eigenvalue weighted by atomic mass is 9.59. The van der Waals surface area contributed by atoms with E-state index in [0.717, 1.165) is 17.4 Å². The summed E-state index contributed by atoms with van der Waals surface area (Å²) in [6.45, 7) is 1.14. The van der Waals surface area contributed by atoms with Crippen molar-refractivity contribution in [2.45, 2.75) is 24.4 Å². The molecule has 1 atom stereocenters. The first-order chi connectivity index (χ1) is 17.3. The van der Waals surface area contributed by atoms with E-state index >= 15 is 4.39 Å². The molecule has 2 aromatic carbocycles. The average Bonchev–Trinajstić information content (AvgIpc) is 3.56. The standard InChI is InChI=1S/C26H21B2FN4O3/c1-32-13-20-18(6-7-22(23(20)31-32)36-17-8-10-35-14-17)15-4-5-16(21(29)11-15)12-33-25(34)19-3-2-9-30-24(19)26(33,27)28/h2-7,9,11,13,17H,8,10,12,14H2,1H3/t17-/m0/s1. The van der Waals surface area contributed by atoms with Gasteiger partial charge in [0.15, 0.2) is 0 Å². The van der Waals surface area contributed by atoms with Crippen molar-refractivity contribution >= 4 is 32.5 Å². The van der Waals surface area contributed by atoms with Gasteiger partial charge in [0.05, 0.1) is 40.2 Å². The monoisotopic (exact) mass is 478 g/mol. The summed E-state index contributed by atoms with van der Waals surface area (Å²) < 4.78 is 28.6. The summed E-state index contributed by atoms with van der Waals surface area (Å²) in [4.78, 5) is 18.3. The molecule has 4 heterocycles. The lowest BCUT2D eigenvalue weighted by molar-refractivity contribution is 0.0729. The van der Waals surface area contributed by atoms with Gasteiger partial charge in [-0.25, -0.2) is 4.39 Å². The van der Waals surface area contributed by atoms with Crippen LogP contribution in [0.15, 0.2) is 54.9 Å². The Morgan fingerprint density at radius 3 is 2.83 bits per heavy atom. The van der Waals surface area contributed by atoms with Crippen LogP contribution in [0.5, 0.6) is 5.75 Å². The molecular weight excluding hydrogens is 457 g/mol. The molecule has 36 heavy (non-hydrogen) atoms. The van der Waals surface area contributed by atoms with Gasteiger partial charge in [0, 0.05) is 48.7 Å². The van der Waals surface area contributed by atoms with Crippen molar-refractivity contribution in [3.05, 3.63) is 77.5 Å². The van der Waals surface area contributed by atoms with Crippen molar-refractivity contribution in [2.24, 2.45) is 7.05 Å². The van der Waals surface area contributed by atoms with Crippen LogP contribution in [0.1, 0.15) is 28.0 Å². The molecule has 10 heteroatoms. The summed E-state index contributed by atoms with van der Waals surface area (Å²) in [6.07, 6.45) is 4.23. The maximum Gasteiger partial charge on any atom is 0.255 e. The van der Waals surface area contributed by atoms with E-state index in [1.165, 1.54) is 17.2 Å². The molecule has 4 radical (unpaired) electrons. The molecule has 0 unspecified atom stereocenters. The number of nitrogens with zero attached hydrogens (tertiary/aromatic N) is 4. The fraction of sp³-hybridized carbons (Fsp3) is 0.269. The highest BCUT2D eigenvalue weighted by atomic mass is 19.1. The van der Waals surface area contributed by atoms with Crippen LogP contribution < -0.4 is 4.74 Å². The van der Waals surface area contributed by atoms with Gasteiger partial charge in [0.2, 0.25) is 0 Å². The maximum absolute atomic E-state index is 15.4. The molecule has 0 aliphatic carbocycles. The molecule has 0 spiro atoms. The van der Waals surface area contributed by atoms with E-state index in [0.29, 0.717) is 41.2 Å². The number of aryl methyl sites for hydroxylation is 1. The normalized spacial score (nSPS) is 18.7. The summed E-state index contributed by atoms with van der Waals surface area (Å²) in [5.74, 6) is -0.183. The molecular formula is C26H21B2FN4O3. The molecule has 2 aliphatic heterocycles. The van der Waals surface area contributed by atoms with Gasteiger partial charge in [-0.1, -0.05) is 12.1 Å². The summed E-state index contributed by atoms with van der Waals surface area (Å²) in [5, 5.41) is 3.80. The van der Waals surface area contributed by atoms with Gasteiger partial charge in [0.1, 0.15) is 23.2 Å². The molecule has 0 bridgehead atoms. The Morgan fingerprint density at radius 1 is 1.22 bits per heavy atom. The molecule has 0 N–H and O–H groups in total. The van der Waals surface area contributed by atoms with Gasteiger partial charge in [0.25, 0.3) is 5.91 Å². The minimum Gasteiger partial charge on any atom is -0.486 e. The Hall–Kier alpha value is -3.65. The Bertz CT molecular complexity index is 1500. The third-order valence-corrected chi connectivity index (χ3v) is 6.74. The van der Waals surface area contributed by atoms with Gasteiger partial charge < -0.3 is 14.4 Å². The number of hydrogen-bond acceptors (Lipinski definition) is 5. The number of rotatable bonds is 5. The van der Waals surface area contributed by atoms with Crippen molar-refractivity contribution < 1.29 is 18.7 Å². The highest BCUT2D eigenvalue weighted by Crippen LogP contribution is 2.37. The van der Waals surface area contributed by atoms with Crippen LogP contribution in [0, 0.1) is 5.82 Å². The number of benzene rings is 2. The number of carbonyl (C=O) groups is 1. The SMILES string of the molecule is [B]C1([B])c2ncccc2C(=O)N1Cc1ccc(-c2ccc(O[C@H]3CCOC3)c3nn(C)cc23)cc1F. The van der Waals surface area contributed by atoms with E-state index in [4.69, 9.17) is 25.2 Å². The van der Waals surface area contributed by atoms with Gasteiger partial charge >= 0.3 is 0 Å². The van der Waals surface area contributed by atoms with Gasteiger partial charge in [-0.3, -0.25) is 14.5 Å². The Balaban J connectivity index is 1.31. The van der Waals surface area contributed by atoms with Crippen molar-refractivity contribution in [1.82, 2.24) is 19.7 Å². The molecule has 0 saturated carbocycles. The molecule has 1 saturated heterocycles. The van der Waals surface area contributed by atoms with E-state index in [2.05, 4.69) is 10.1 Å². The largest absolute Gasteiger partial charge is 0.486 e. The molecule has 2 aromatic heterocycles. The predicted octanol–water partition coefficient (Wildman–Crippen LogP) is 3.05. The molecule has 4 aromatic rings. The second-order valence-electron chi connectivity index (χ2n) is 9.20. The number of pyridine rings is 1. The molecule has 6 rings (SSSR count). The number of fused-ring (bicyclic) bond motifs is 2. The first-order valence-corrected chi connectivity index (χ1v) is 11.7. The molecule has 1 fully saturated rings. The van der Waals surface area contributed by atoms with Crippen LogP contribution in [0.2, 0.25) is 0 Å². The second-order valence-corrected chi connectivity index (χ2v) is 9.20. The van der Waals surface area contributed by atoms with Crippen LogP contribution in [-0.4, -0.2) is 60.6 Å². The first-order valence-electron chi connectivity index (χ1n) is 11.7. The average molecular weight is 478 g/mol. The zero-order valence-electron chi connectivity index (χ0n) is 19.6. The van der Waals surface area contributed by atoms with Crippen molar-refractivity contribution in [2.75, 3.05) is 13.2 Å². The third kappa shape index (κ3) is 3.67. The van der Waals surface area contributed by atoms with E-state index in [1.54, 1.807) is 22.9 Å². The number of amides is 1. The highest BCUT2D eigenvalue weighted by Gasteiger charge is 2.43. The number of carbonyl (C=O) groups excluding carboxylic acids is 1. The summed E-state index contributed by atoms with van der Waals surface area (Å²) in [5.41, 5.74) is 3.09. The molecule has 176 valence electrons. The summed E-state index contributed by atoms with van der Waals surface area (Å²) in [7, 11) is 14.3. The Kier molecular flexibility index (Phi) is 5.37. The quantitative estimate of drug-likeness (QED) is 0.413. The van der Waals surface area contributed by atoms with E-state index in [1.807, 2.05) is 31.4 Å². The van der Waals surface area contributed by atoms with E-state index < -0.39 is 11.2 Å². The number of hydrogen-bond donors (Lipinski definition) is 0. The van der Waals surface area contributed by atoms with Crippen LogP contribution >= 0.6 is 0 Å². The van der Waals surface area contributed by atoms with Crippen molar-refractivity contribution in [1.29, 1.82) is 0 Å². The number of halogens is 1. The highest BCUT2D eigenvalue weighted by molar-refractivity contribution is 6.42. The third-order valence-electron chi connectivity index (χ3n) is 6.74. The van der Waals surface area contributed by atoms with Gasteiger partial charge in [-0.2, -0.15) is 5.10 Å². The Labute approximate surface area is 210 Å². The predicted molar refractivity (Wildman–Crippen MR) is 133 cm³/mol. The molecule has 7 nitrogen and oxygen atoms in total. The van der Waals surface area contributed by atoms with Gasteiger partial charge in [-0.15, -0.1) is 0 Å². The zero-order chi connectivity index (χ0) is 25.0. The number of aromatic nitrogens is 3. The fourth-order valence-electron chi connectivity index (χ4n) is 4.88. The summed E-state index contributed by atoms with van der Waals surface area (Å²) in [6, 6.07) is 11.9.